The molecule has 0 radical (unpaired) electrons. The molecule has 4 aromatic heterocycles. The standard InChI is InChI=1S/2C25H24Cl2F3N3O4/c2*1-32-16(10-15-3-4-17(12-20(15)32)37-25(28,29)30)11-18-22(26)19(13-31-23(18)27)24(35)33-7-5-14(6-8-33)9-21(34)36-2/h2*3-4,10,12-14H,5-9,11H2,1-2H3. The maximum absolute atomic E-state index is 13.2. The van der Waals surface area contributed by atoms with Gasteiger partial charge in [-0.1, -0.05) is 46.4 Å². The Kier molecular flexibility index (Phi) is 17.6. The summed E-state index contributed by atoms with van der Waals surface area (Å²) in [4.78, 5) is 61.2. The Hall–Kier alpha value is -5.96. The average Bonchev–Trinajstić information content (AvgIpc) is 3.83. The van der Waals surface area contributed by atoms with Crippen molar-refractivity contribution in [2.75, 3.05) is 40.4 Å². The van der Waals surface area contributed by atoms with Crippen LogP contribution in [0.15, 0.2) is 60.9 Å². The Bertz CT molecular complexity index is 2870. The number of rotatable bonds is 12. The van der Waals surface area contributed by atoms with Gasteiger partial charge in [0.1, 0.15) is 21.8 Å². The second-order valence-corrected chi connectivity index (χ2v) is 19.3. The molecular formula is C50H48Cl4F6N6O8. The molecule has 396 valence electrons. The van der Waals surface area contributed by atoms with E-state index < -0.39 is 12.7 Å². The Morgan fingerprint density at radius 1 is 0.581 bits per heavy atom. The number of fused-ring (bicyclic) bond motifs is 2. The van der Waals surface area contributed by atoms with Gasteiger partial charge in [0.05, 0.1) is 46.4 Å². The normalized spacial score (nSPS) is 14.7. The number of hydrogen-bond acceptors (Lipinski definition) is 10. The molecule has 2 aliphatic rings. The van der Waals surface area contributed by atoms with Crippen LogP contribution in [0.3, 0.4) is 0 Å². The minimum atomic E-state index is -4.79. The van der Waals surface area contributed by atoms with E-state index in [4.69, 9.17) is 55.9 Å². The molecule has 6 aromatic rings. The van der Waals surface area contributed by atoms with Gasteiger partial charge >= 0.3 is 24.7 Å². The first kappa shape index (κ1) is 55.8. The van der Waals surface area contributed by atoms with Gasteiger partial charge in [0, 0.05) is 124 Å². The van der Waals surface area contributed by atoms with Crippen LogP contribution in [0, 0.1) is 11.8 Å². The van der Waals surface area contributed by atoms with E-state index in [0.29, 0.717) is 109 Å². The van der Waals surface area contributed by atoms with Crippen molar-refractivity contribution in [1.29, 1.82) is 0 Å². The number of methoxy groups -OCH3 is 2. The molecule has 0 saturated carbocycles. The lowest BCUT2D eigenvalue weighted by atomic mass is 9.93. The number of benzene rings is 2. The fourth-order valence-corrected chi connectivity index (χ4v) is 10.2. The number of alkyl halides is 6. The minimum Gasteiger partial charge on any atom is -0.469 e. The molecule has 0 unspecified atom stereocenters. The highest BCUT2D eigenvalue weighted by Gasteiger charge is 2.34. The Morgan fingerprint density at radius 2 is 0.932 bits per heavy atom. The summed E-state index contributed by atoms with van der Waals surface area (Å²) in [7, 11) is 6.12. The van der Waals surface area contributed by atoms with Crippen molar-refractivity contribution >= 4 is 92.0 Å². The van der Waals surface area contributed by atoms with E-state index in [2.05, 4.69) is 19.4 Å². The molecule has 24 heteroatoms. The minimum absolute atomic E-state index is 0.129. The number of halogens is 10. The number of pyridine rings is 2. The highest BCUT2D eigenvalue weighted by molar-refractivity contribution is 6.38. The van der Waals surface area contributed by atoms with Crippen LogP contribution in [0.5, 0.6) is 11.5 Å². The van der Waals surface area contributed by atoms with E-state index in [-0.39, 0.29) is 91.4 Å². The third kappa shape index (κ3) is 13.5. The monoisotopic (exact) mass is 1110 g/mol. The largest absolute Gasteiger partial charge is 0.573 e. The number of aryl methyl sites for hydroxylation is 2. The van der Waals surface area contributed by atoms with E-state index in [1.807, 2.05) is 0 Å². The SMILES string of the molecule is COC(=O)CC1CCN(C(=O)c2cnc(Cl)c(Cc3cc4ccc(OC(F)(F)F)cc4n3C)c2Cl)CC1.COC(=O)CC1CCN(C(=O)c2cnc(Cl)c(Cc3cc4ccc(OC(F)(F)F)cc4n3C)c2Cl)CC1. The van der Waals surface area contributed by atoms with Crippen LogP contribution in [0.2, 0.25) is 20.4 Å². The predicted molar refractivity (Wildman–Crippen MR) is 264 cm³/mol. The summed E-state index contributed by atoms with van der Waals surface area (Å²) in [5.41, 5.74) is 3.77. The number of aromatic nitrogens is 4. The fourth-order valence-electron chi connectivity index (χ4n) is 9.11. The zero-order chi connectivity index (χ0) is 53.8. The van der Waals surface area contributed by atoms with E-state index >= 15 is 0 Å². The smallest absolute Gasteiger partial charge is 0.469 e. The quantitative estimate of drug-likeness (QED) is 0.0659. The molecule has 8 rings (SSSR count). The summed E-state index contributed by atoms with van der Waals surface area (Å²) in [6.07, 6.45) is -3.17. The third-order valence-corrected chi connectivity index (χ3v) is 14.7. The first-order valence-electron chi connectivity index (χ1n) is 23.0. The van der Waals surface area contributed by atoms with Crippen LogP contribution in [0.4, 0.5) is 26.3 Å². The molecule has 2 aliphatic heterocycles. The number of hydrogen-bond donors (Lipinski definition) is 0. The van der Waals surface area contributed by atoms with Gasteiger partial charge in [0.25, 0.3) is 11.8 Å². The van der Waals surface area contributed by atoms with Gasteiger partial charge in [-0.15, -0.1) is 26.3 Å². The van der Waals surface area contributed by atoms with Crippen molar-refractivity contribution in [1.82, 2.24) is 28.9 Å². The Balaban J connectivity index is 0.000000216. The zero-order valence-electron chi connectivity index (χ0n) is 40.1. The lowest BCUT2D eigenvalue weighted by Gasteiger charge is -2.31. The van der Waals surface area contributed by atoms with Crippen LogP contribution in [-0.2, 0) is 46.0 Å². The van der Waals surface area contributed by atoms with Gasteiger partial charge in [-0.2, -0.15) is 0 Å². The molecule has 0 atom stereocenters. The first-order chi connectivity index (χ1) is 34.9. The molecule has 6 heterocycles. The summed E-state index contributed by atoms with van der Waals surface area (Å²) in [5, 5.41) is 2.01. The average molecular weight is 1120 g/mol. The fraction of sp³-hybridized carbons (Fsp3) is 0.400. The van der Waals surface area contributed by atoms with Crippen molar-refractivity contribution in [2.45, 2.75) is 64.1 Å². The number of carbonyl (C=O) groups is 4. The number of nitrogens with zero attached hydrogens (tertiary/aromatic N) is 6. The Labute approximate surface area is 440 Å². The van der Waals surface area contributed by atoms with Gasteiger partial charge < -0.3 is 37.9 Å². The maximum Gasteiger partial charge on any atom is 0.573 e. The highest BCUT2D eigenvalue weighted by Crippen LogP contribution is 2.36. The van der Waals surface area contributed by atoms with Crippen LogP contribution in [0.25, 0.3) is 21.8 Å². The number of piperidine rings is 2. The third-order valence-electron chi connectivity index (χ3n) is 13.2. The van der Waals surface area contributed by atoms with Gasteiger partial charge in [-0.3, -0.25) is 19.2 Å². The van der Waals surface area contributed by atoms with Crippen molar-refractivity contribution in [3.8, 4) is 11.5 Å². The molecule has 0 spiro atoms. The molecule has 2 saturated heterocycles. The number of amides is 2. The molecule has 2 fully saturated rings. The molecule has 74 heavy (non-hydrogen) atoms. The summed E-state index contributed by atoms with van der Waals surface area (Å²) in [6, 6.07) is 11.8. The lowest BCUT2D eigenvalue weighted by molar-refractivity contribution is -0.275. The number of esters is 2. The van der Waals surface area contributed by atoms with Crippen LogP contribution < -0.4 is 9.47 Å². The van der Waals surface area contributed by atoms with Crippen molar-refractivity contribution < 1.29 is 64.5 Å². The van der Waals surface area contributed by atoms with E-state index in [9.17, 15) is 45.5 Å². The second-order valence-electron chi connectivity index (χ2n) is 17.8. The zero-order valence-corrected chi connectivity index (χ0v) is 43.2. The maximum atomic E-state index is 13.2. The number of carbonyl (C=O) groups excluding carboxylic acids is 4. The second kappa shape index (κ2) is 23.3. The van der Waals surface area contributed by atoms with Gasteiger partial charge in [0.2, 0.25) is 0 Å². The van der Waals surface area contributed by atoms with E-state index in [1.165, 1.54) is 63.0 Å². The highest BCUT2D eigenvalue weighted by atomic mass is 35.5. The summed E-state index contributed by atoms with van der Waals surface area (Å²) in [5.74, 6) is -1.44. The molecule has 0 bridgehead atoms. The molecule has 2 amide bonds. The Morgan fingerprint density at radius 3 is 1.26 bits per heavy atom. The van der Waals surface area contributed by atoms with Crippen molar-refractivity contribution in [2.24, 2.45) is 25.9 Å². The summed E-state index contributed by atoms with van der Waals surface area (Å²) >= 11 is 26.0. The number of ether oxygens (including phenoxy) is 4. The first-order valence-corrected chi connectivity index (χ1v) is 24.5. The molecule has 0 aliphatic carbocycles. The molecule has 2 aromatic carbocycles. The van der Waals surface area contributed by atoms with Gasteiger partial charge in [0.15, 0.2) is 0 Å². The summed E-state index contributed by atoms with van der Waals surface area (Å²) < 4.78 is 96.7. The van der Waals surface area contributed by atoms with Crippen molar-refractivity contribution in [3.05, 3.63) is 115 Å². The van der Waals surface area contributed by atoms with E-state index in [1.54, 1.807) is 45.2 Å². The van der Waals surface area contributed by atoms with Gasteiger partial charge in [-0.25, -0.2) is 9.97 Å². The molecule has 0 N–H and O–H groups in total. The summed E-state index contributed by atoms with van der Waals surface area (Å²) in [6.45, 7) is 1.89. The van der Waals surface area contributed by atoms with Crippen molar-refractivity contribution in [3.63, 3.8) is 0 Å². The predicted octanol–water partition coefficient (Wildman–Crippen LogP) is 11.6. The van der Waals surface area contributed by atoms with Crippen LogP contribution in [0.1, 0.15) is 81.8 Å². The number of likely N-dealkylation sites (tertiary alicyclic amines) is 2. The molecule has 14 nitrogen and oxygen atoms in total. The lowest BCUT2D eigenvalue weighted by Crippen LogP contribution is -2.39. The topological polar surface area (TPSA) is 147 Å². The van der Waals surface area contributed by atoms with Crippen LogP contribution >= 0.6 is 46.4 Å². The van der Waals surface area contributed by atoms with Crippen LogP contribution in [-0.4, -0.2) is 106 Å². The molecular weight excluding hydrogens is 1070 g/mol. The van der Waals surface area contributed by atoms with E-state index in [0.717, 1.165) is 0 Å². The van der Waals surface area contributed by atoms with Gasteiger partial charge in [-0.05, 0) is 73.9 Å².